The summed E-state index contributed by atoms with van der Waals surface area (Å²) in [5.41, 5.74) is 2.57. The largest absolute Gasteiger partial charge is 0.394 e. The van der Waals surface area contributed by atoms with Crippen molar-refractivity contribution >= 4 is 22.5 Å². The quantitative estimate of drug-likeness (QED) is 0.745. The predicted molar refractivity (Wildman–Crippen MR) is 80.5 cm³/mol. The number of aliphatic hydroxyl groups is 2. The number of nitrogens with zero attached hydrogens (tertiary/aromatic N) is 4. The van der Waals surface area contributed by atoms with Gasteiger partial charge in [0.2, 0.25) is 0 Å². The van der Waals surface area contributed by atoms with Crippen LogP contribution in [0.5, 0.6) is 0 Å². The summed E-state index contributed by atoms with van der Waals surface area (Å²) in [7, 11) is 0. The lowest BCUT2D eigenvalue weighted by molar-refractivity contribution is -0.0495. The Morgan fingerprint density at radius 3 is 2.91 bits per heavy atom. The normalized spacial score (nSPS) is 27.8. The van der Waals surface area contributed by atoms with Gasteiger partial charge in [-0.25, -0.2) is 19.3 Å². The van der Waals surface area contributed by atoms with Gasteiger partial charge in [0, 0.05) is 10.9 Å². The lowest BCUT2D eigenvalue weighted by atomic mass is 10.1. The van der Waals surface area contributed by atoms with Crippen molar-refractivity contribution in [3.8, 4) is 11.3 Å². The van der Waals surface area contributed by atoms with Crippen molar-refractivity contribution in [2.45, 2.75) is 24.6 Å². The lowest BCUT2D eigenvalue weighted by Crippen LogP contribution is -2.29. The Bertz CT molecular complexity index is 825. The third-order valence-electron chi connectivity index (χ3n) is 3.90. The van der Waals surface area contributed by atoms with E-state index in [-0.39, 0.29) is 0 Å². The molecular formula is C14H13FN4O3S. The van der Waals surface area contributed by atoms with Crippen LogP contribution in [0.3, 0.4) is 0 Å². The van der Waals surface area contributed by atoms with Crippen LogP contribution in [-0.2, 0) is 4.74 Å². The van der Waals surface area contributed by atoms with E-state index < -0.39 is 31.2 Å². The van der Waals surface area contributed by atoms with E-state index in [2.05, 4.69) is 15.0 Å². The van der Waals surface area contributed by atoms with Gasteiger partial charge in [0.05, 0.1) is 12.9 Å². The van der Waals surface area contributed by atoms with Crippen LogP contribution < -0.4 is 0 Å². The number of imidazole rings is 1. The van der Waals surface area contributed by atoms with Crippen LogP contribution in [0.15, 0.2) is 29.5 Å². The molecule has 0 spiro atoms. The molecule has 0 aromatic carbocycles. The van der Waals surface area contributed by atoms with Crippen molar-refractivity contribution in [3.63, 3.8) is 0 Å². The van der Waals surface area contributed by atoms with Crippen LogP contribution >= 0.6 is 11.3 Å². The molecule has 1 aliphatic rings. The van der Waals surface area contributed by atoms with Gasteiger partial charge in [-0.05, 0) is 11.4 Å². The third-order valence-corrected chi connectivity index (χ3v) is 4.58. The Morgan fingerprint density at radius 1 is 1.35 bits per heavy atom. The van der Waals surface area contributed by atoms with Gasteiger partial charge in [-0.2, -0.15) is 11.3 Å². The summed E-state index contributed by atoms with van der Waals surface area (Å²) in [5, 5.41) is 23.0. The van der Waals surface area contributed by atoms with Crippen LogP contribution in [-0.4, -0.2) is 54.7 Å². The fraction of sp³-hybridized carbons (Fsp3) is 0.357. The van der Waals surface area contributed by atoms with Crippen molar-refractivity contribution < 1.29 is 19.3 Å². The minimum Gasteiger partial charge on any atom is -0.394 e. The highest BCUT2D eigenvalue weighted by Crippen LogP contribution is 2.34. The van der Waals surface area contributed by atoms with Crippen LogP contribution in [0.25, 0.3) is 22.4 Å². The Morgan fingerprint density at radius 2 is 2.22 bits per heavy atom. The molecule has 1 aliphatic heterocycles. The van der Waals surface area contributed by atoms with E-state index >= 15 is 0 Å². The summed E-state index contributed by atoms with van der Waals surface area (Å²) in [6, 6.07) is 1.92. The highest BCUT2D eigenvalue weighted by molar-refractivity contribution is 7.08. The average molecular weight is 336 g/mol. The second-order valence-corrected chi connectivity index (χ2v) is 6.02. The molecule has 1 fully saturated rings. The topological polar surface area (TPSA) is 93.3 Å². The van der Waals surface area contributed by atoms with Crippen LogP contribution in [0.2, 0.25) is 0 Å². The first kappa shape index (κ1) is 14.6. The van der Waals surface area contributed by atoms with Gasteiger partial charge in [-0.15, -0.1) is 0 Å². The number of ether oxygens (including phenoxy) is 1. The molecule has 0 saturated carbocycles. The molecule has 2 N–H and O–H groups in total. The molecule has 0 amide bonds. The molecule has 9 heteroatoms. The SMILES string of the molecule is OC[C@H]1O[C@@H](n2cnc3c(-c4ccsc4)ncnc32)[C@@H](O)C1F. The molecule has 0 aliphatic carbocycles. The van der Waals surface area contributed by atoms with Crippen molar-refractivity contribution in [2.75, 3.05) is 6.61 Å². The monoisotopic (exact) mass is 336 g/mol. The highest BCUT2D eigenvalue weighted by atomic mass is 32.1. The fourth-order valence-electron chi connectivity index (χ4n) is 2.73. The van der Waals surface area contributed by atoms with E-state index in [0.717, 1.165) is 5.56 Å². The maximum absolute atomic E-state index is 13.9. The molecule has 4 rings (SSSR count). The predicted octanol–water partition coefficient (Wildman–Crippen LogP) is 1.14. The molecule has 120 valence electrons. The molecule has 4 heterocycles. The van der Waals surface area contributed by atoms with Gasteiger partial charge in [0.25, 0.3) is 0 Å². The lowest BCUT2D eigenvalue weighted by Gasteiger charge is -2.16. The second-order valence-electron chi connectivity index (χ2n) is 5.24. The number of halogens is 1. The number of hydrogen-bond acceptors (Lipinski definition) is 7. The number of aromatic nitrogens is 4. The summed E-state index contributed by atoms with van der Waals surface area (Å²) in [6.45, 7) is -0.503. The zero-order valence-corrected chi connectivity index (χ0v) is 12.6. The molecule has 23 heavy (non-hydrogen) atoms. The van der Waals surface area contributed by atoms with E-state index in [1.807, 2.05) is 16.8 Å². The van der Waals surface area contributed by atoms with E-state index in [9.17, 15) is 9.50 Å². The van der Waals surface area contributed by atoms with E-state index in [1.54, 1.807) is 11.3 Å². The first-order chi connectivity index (χ1) is 11.2. The first-order valence-electron chi connectivity index (χ1n) is 6.99. The molecule has 7 nitrogen and oxygen atoms in total. The average Bonchev–Trinajstić information content (AvgIpc) is 3.28. The molecule has 0 bridgehead atoms. The van der Waals surface area contributed by atoms with Gasteiger partial charge in [0.1, 0.15) is 29.7 Å². The smallest absolute Gasteiger partial charge is 0.166 e. The molecule has 3 aromatic heterocycles. The highest BCUT2D eigenvalue weighted by Gasteiger charge is 2.45. The van der Waals surface area contributed by atoms with Crippen molar-refractivity contribution in [1.29, 1.82) is 0 Å². The Labute approximate surface area is 134 Å². The summed E-state index contributed by atoms with van der Waals surface area (Å²) in [5.74, 6) is 0. The van der Waals surface area contributed by atoms with E-state index in [1.165, 1.54) is 17.2 Å². The maximum atomic E-state index is 13.9. The summed E-state index contributed by atoms with van der Waals surface area (Å²) >= 11 is 1.54. The number of thiophene rings is 1. The fourth-order valence-corrected chi connectivity index (χ4v) is 3.37. The summed E-state index contributed by atoms with van der Waals surface area (Å²) in [6.07, 6.45) is -2.28. The number of hydrogen-bond donors (Lipinski definition) is 2. The minimum absolute atomic E-state index is 0.441. The zero-order chi connectivity index (χ0) is 16.0. The van der Waals surface area contributed by atoms with E-state index in [0.29, 0.717) is 16.9 Å². The van der Waals surface area contributed by atoms with Crippen LogP contribution in [0, 0.1) is 0 Å². The van der Waals surface area contributed by atoms with Gasteiger partial charge < -0.3 is 14.9 Å². The zero-order valence-electron chi connectivity index (χ0n) is 11.8. The Balaban J connectivity index is 1.80. The Kier molecular flexibility index (Phi) is 3.57. The molecular weight excluding hydrogens is 323 g/mol. The molecule has 4 atom stereocenters. The third kappa shape index (κ3) is 2.24. The van der Waals surface area contributed by atoms with Gasteiger partial charge in [-0.1, -0.05) is 0 Å². The standard InChI is InChI=1S/C14H13FN4O3S/c15-9-8(3-20)22-14(12(9)21)19-6-18-11-10(7-1-2-23-4-7)16-5-17-13(11)19/h1-2,4-6,8-9,12,14,20-21H,3H2/t8-,9?,12+,14-/m1/s1. The van der Waals surface area contributed by atoms with E-state index in [4.69, 9.17) is 9.84 Å². The van der Waals surface area contributed by atoms with Crippen molar-refractivity contribution in [1.82, 2.24) is 19.5 Å². The molecule has 1 saturated heterocycles. The van der Waals surface area contributed by atoms with Crippen molar-refractivity contribution in [3.05, 3.63) is 29.5 Å². The maximum Gasteiger partial charge on any atom is 0.166 e. The number of alkyl halides is 1. The van der Waals surface area contributed by atoms with Crippen LogP contribution in [0.1, 0.15) is 6.23 Å². The van der Waals surface area contributed by atoms with Gasteiger partial charge in [-0.3, -0.25) is 4.57 Å². The number of aliphatic hydroxyl groups excluding tert-OH is 2. The number of fused-ring (bicyclic) bond motifs is 1. The van der Waals surface area contributed by atoms with Gasteiger partial charge >= 0.3 is 0 Å². The van der Waals surface area contributed by atoms with Crippen LogP contribution in [0.4, 0.5) is 4.39 Å². The number of rotatable bonds is 3. The molecule has 1 unspecified atom stereocenters. The molecule has 0 radical (unpaired) electrons. The summed E-state index contributed by atoms with van der Waals surface area (Å²) < 4.78 is 20.8. The first-order valence-corrected chi connectivity index (χ1v) is 7.93. The minimum atomic E-state index is -1.67. The second kappa shape index (κ2) is 5.60. The summed E-state index contributed by atoms with van der Waals surface area (Å²) in [4.78, 5) is 12.7. The molecule has 3 aromatic rings. The van der Waals surface area contributed by atoms with Gasteiger partial charge in [0.15, 0.2) is 18.0 Å². The Hall–Kier alpha value is -1.94. The van der Waals surface area contributed by atoms with Crippen molar-refractivity contribution in [2.24, 2.45) is 0 Å².